The van der Waals surface area contributed by atoms with Gasteiger partial charge in [-0.1, -0.05) is 49.2 Å². The highest BCUT2D eigenvalue weighted by Gasteiger charge is 2.46. The number of Topliss-reactive ketones (excluding diaryl/α,β-unsaturated/α-hetero) is 1. The lowest BCUT2D eigenvalue weighted by Gasteiger charge is -2.28. The maximum atomic E-state index is 13.1. The second-order valence-electron chi connectivity index (χ2n) is 7.42. The molecule has 1 saturated heterocycles. The van der Waals surface area contributed by atoms with E-state index in [4.69, 9.17) is 27.9 Å². The van der Waals surface area contributed by atoms with Gasteiger partial charge < -0.3 is 19.6 Å². The Labute approximate surface area is 198 Å². The molecule has 32 heavy (non-hydrogen) atoms. The number of ketones is 1. The molecule has 0 bridgehead atoms. The molecule has 1 N–H and O–H groups in total. The summed E-state index contributed by atoms with van der Waals surface area (Å²) < 4.78 is 5.35. The highest BCUT2D eigenvalue weighted by Crippen LogP contribution is 2.41. The van der Waals surface area contributed by atoms with Crippen molar-refractivity contribution in [2.24, 2.45) is 0 Å². The number of nitrogens with zero attached hydrogens (tertiary/aromatic N) is 2. The molecule has 2 aromatic carbocycles. The van der Waals surface area contributed by atoms with Crippen LogP contribution in [0.15, 0.2) is 48.0 Å². The molecule has 1 atom stereocenters. The molecule has 0 aliphatic carbocycles. The maximum Gasteiger partial charge on any atom is 0.295 e. The molecule has 170 valence electrons. The maximum absolute atomic E-state index is 13.1. The first-order chi connectivity index (χ1) is 15.3. The number of carbonyl (C=O) groups excluding carboxylic acids is 2. The molecule has 3 rings (SSSR count). The van der Waals surface area contributed by atoms with Crippen molar-refractivity contribution in [1.29, 1.82) is 0 Å². The van der Waals surface area contributed by atoms with Crippen molar-refractivity contribution in [3.8, 4) is 5.75 Å². The lowest BCUT2D eigenvalue weighted by molar-refractivity contribution is -0.140. The number of methoxy groups -OCH3 is 1. The first kappa shape index (κ1) is 24.1. The van der Waals surface area contributed by atoms with Crippen LogP contribution in [-0.2, 0) is 9.59 Å². The van der Waals surface area contributed by atoms with E-state index in [9.17, 15) is 14.7 Å². The number of ether oxygens (including phenoxy) is 1. The highest BCUT2D eigenvalue weighted by atomic mass is 35.5. The molecule has 0 saturated carbocycles. The molecule has 6 nitrogen and oxygen atoms in total. The van der Waals surface area contributed by atoms with Gasteiger partial charge in [-0.2, -0.15) is 0 Å². The van der Waals surface area contributed by atoms with Crippen LogP contribution in [0.3, 0.4) is 0 Å². The third-order valence-electron chi connectivity index (χ3n) is 5.69. The Morgan fingerprint density at radius 1 is 1.06 bits per heavy atom. The topological polar surface area (TPSA) is 70.1 Å². The van der Waals surface area contributed by atoms with E-state index in [1.165, 1.54) is 18.1 Å². The van der Waals surface area contributed by atoms with Crippen LogP contribution in [0.25, 0.3) is 5.76 Å². The van der Waals surface area contributed by atoms with E-state index in [1.807, 2.05) is 13.8 Å². The molecule has 1 aliphatic rings. The number of halogens is 2. The largest absolute Gasteiger partial charge is 0.507 e. The number of likely N-dealkylation sites (tertiary alicyclic amines) is 1. The molecule has 0 spiro atoms. The SMILES string of the molecule is CCN(CC)CCN1C(=O)C(=O)/C(=C(/O)c2cc(Cl)ccc2OC)C1c1ccc(Cl)cc1. The van der Waals surface area contributed by atoms with Gasteiger partial charge in [-0.25, -0.2) is 0 Å². The van der Waals surface area contributed by atoms with Gasteiger partial charge in [0.2, 0.25) is 0 Å². The molecule has 0 radical (unpaired) electrons. The minimum atomic E-state index is -0.758. The van der Waals surface area contributed by atoms with Crippen molar-refractivity contribution in [3.63, 3.8) is 0 Å². The smallest absolute Gasteiger partial charge is 0.295 e. The van der Waals surface area contributed by atoms with Crippen LogP contribution in [0, 0.1) is 0 Å². The number of benzene rings is 2. The summed E-state index contributed by atoms with van der Waals surface area (Å²) in [4.78, 5) is 29.8. The molecule has 0 aromatic heterocycles. The average Bonchev–Trinajstić information content (AvgIpc) is 3.04. The van der Waals surface area contributed by atoms with Gasteiger partial charge in [0.05, 0.1) is 24.3 Å². The van der Waals surface area contributed by atoms with Crippen molar-refractivity contribution in [2.75, 3.05) is 33.3 Å². The van der Waals surface area contributed by atoms with E-state index in [2.05, 4.69) is 4.90 Å². The summed E-state index contributed by atoms with van der Waals surface area (Å²) >= 11 is 12.2. The zero-order chi connectivity index (χ0) is 23.4. The standard InChI is InChI=1S/C24H26Cl2N2O4/c1-4-27(5-2)12-13-28-21(15-6-8-16(25)9-7-15)20(23(30)24(28)31)22(29)18-14-17(26)10-11-19(18)32-3/h6-11,14,21,29H,4-5,12-13H2,1-3H3/b22-20+. The Balaban J connectivity index is 2.15. The molecule has 1 fully saturated rings. The molecule has 1 aliphatic heterocycles. The van der Waals surface area contributed by atoms with Crippen LogP contribution < -0.4 is 4.74 Å². The van der Waals surface area contributed by atoms with Gasteiger partial charge in [-0.3, -0.25) is 9.59 Å². The number of aliphatic hydroxyl groups excluding tert-OH is 1. The van der Waals surface area contributed by atoms with Crippen molar-refractivity contribution < 1.29 is 19.4 Å². The van der Waals surface area contributed by atoms with Gasteiger partial charge in [0.25, 0.3) is 11.7 Å². The Bertz CT molecular complexity index is 1030. The number of hydrogen-bond donors (Lipinski definition) is 1. The van der Waals surface area contributed by atoms with Gasteiger partial charge in [0.15, 0.2) is 0 Å². The summed E-state index contributed by atoms with van der Waals surface area (Å²) in [7, 11) is 1.46. The molecule has 1 amide bonds. The lowest BCUT2D eigenvalue weighted by atomic mass is 9.95. The second kappa shape index (κ2) is 10.4. The normalized spacial score (nSPS) is 17.9. The Morgan fingerprint density at radius 2 is 1.69 bits per heavy atom. The van der Waals surface area contributed by atoms with Crippen molar-refractivity contribution in [2.45, 2.75) is 19.9 Å². The summed E-state index contributed by atoms with van der Waals surface area (Å²) in [5.74, 6) is -1.38. The predicted molar refractivity (Wildman–Crippen MR) is 126 cm³/mol. The molecule has 1 heterocycles. The summed E-state index contributed by atoms with van der Waals surface area (Å²) in [6.45, 7) is 6.67. The zero-order valence-electron chi connectivity index (χ0n) is 18.3. The van der Waals surface area contributed by atoms with Crippen LogP contribution in [-0.4, -0.2) is 59.9 Å². The van der Waals surface area contributed by atoms with Crippen LogP contribution >= 0.6 is 23.2 Å². The average molecular weight is 477 g/mol. The van der Waals surface area contributed by atoms with E-state index in [1.54, 1.807) is 36.4 Å². The quantitative estimate of drug-likeness (QED) is 0.337. The van der Waals surface area contributed by atoms with Crippen LogP contribution in [0.4, 0.5) is 0 Å². The van der Waals surface area contributed by atoms with Crippen LogP contribution in [0.1, 0.15) is 31.0 Å². The number of rotatable bonds is 8. The van der Waals surface area contributed by atoms with E-state index in [0.29, 0.717) is 34.4 Å². The lowest BCUT2D eigenvalue weighted by Crippen LogP contribution is -2.38. The molecule has 1 unspecified atom stereocenters. The number of hydrogen-bond acceptors (Lipinski definition) is 5. The molecule has 8 heteroatoms. The summed E-state index contributed by atoms with van der Waals surface area (Å²) in [5.41, 5.74) is 0.925. The predicted octanol–water partition coefficient (Wildman–Crippen LogP) is 4.77. The fraction of sp³-hybridized carbons (Fsp3) is 0.333. The Kier molecular flexibility index (Phi) is 7.82. The first-order valence-corrected chi connectivity index (χ1v) is 11.2. The summed E-state index contributed by atoms with van der Waals surface area (Å²) in [5, 5.41) is 12.1. The Morgan fingerprint density at radius 3 is 2.28 bits per heavy atom. The third kappa shape index (κ3) is 4.77. The molecular formula is C24H26Cl2N2O4. The molecular weight excluding hydrogens is 451 g/mol. The number of likely N-dealkylation sites (N-methyl/N-ethyl adjacent to an activating group) is 1. The van der Waals surface area contributed by atoms with Gasteiger partial charge in [0, 0.05) is 23.1 Å². The van der Waals surface area contributed by atoms with Gasteiger partial charge in [0.1, 0.15) is 11.5 Å². The van der Waals surface area contributed by atoms with Gasteiger partial charge in [-0.15, -0.1) is 0 Å². The van der Waals surface area contributed by atoms with Crippen molar-refractivity contribution in [3.05, 3.63) is 69.2 Å². The van der Waals surface area contributed by atoms with Crippen molar-refractivity contribution >= 4 is 40.7 Å². The monoisotopic (exact) mass is 476 g/mol. The summed E-state index contributed by atoms with van der Waals surface area (Å²) in [6, 6.07) is 10.9. The number of amides is 1. The molecule has 2 aromatic rings. The van der Waals surface area contributed by atoms with E-state index in [-0.39, 0.29) is 16.9 Å². The van der Waals surface area contributed by atoms with Crippen molar-refractivity contribution in [1.82, 2.24) is 9.80 Å². The second-order valence-corrected chi connectivity index (χ2v) is 8.29. The fourth-order valence-corrected chi connectivity index (χ4v) is 4.20. The zero-order valence-corrected chi connectivity index (χ0v) is 19.8. The van der Waals surface area contributed by atoms with Crippen LogP contribution in [0.5, 0.6) is 5.75 Å². The van der Waals surface area contributed by atoms with E-state index >= 15 is 0 Å². The van der Waals surface area contributed by atoms with E-state index in [0.717, 1.165) is 13.1 Å². The van der Waals surface area contributed by atoms with Crippen LogP contribution in [0.2, 0.25) is 10.0 Å². The van der Waals surface area contributed by atoms with E-state index < -0.39 is 17.7 Å². The van der Waals surface area contributed by atoms with Gasteiger partial charge in [-0.05, 0) is 49.0 Å². The summed E-state index contributed by atoms with van der Waals surface area (Å²) in [6.07, 6.45) is 0. The highest BCUT2D eigenvalue weighted by molar-refractivity contribution is 6.46. The minimum absolute atomic E-state index is 0.00237. The Hall–Kier alpha value is -2.54. The third-order valence-corrected chi connectivity index (χ3v) is 6.18. The number of aliphatic hydroxyl groups is 1. The fourth-order valence-electron chi connectivity index (χ4n) is 3.90. The van der Waals surface area contributed by atoms with Gasteiger partial charge >= 0.3 is 0 Å². The minimum Gasteiger partial charge on any atom is -0.507 e. The first-order valence-electron chi connectivity index (χ1n) is 10.4. The number of carbonyl (C=O) groups is 2.